The highest BCUT2D eigenvalue weighted by Gasteiger charge is 2.11. The largest absolute Gasteiger partial charge is 0.456 e. The van der Waals surface area contributed by atoms with Crippen molar-refractivity contribution < 1.29 is 14.3 Å². The summed E-state index contributed by atoms with van der Waals surface area (Å²) in [6.07, 6.45) is 0. The van der Waals surface area contributed by atoms with Crippen molar-refractivity contribution in [3.8, 4) is 0 Å². The topological polar surface area (TPSA) is 102 Å². The fraction of sp³-hybridized carbons (Fsp3) is 0.300. The summed E-state index contributed by atoms with van der Waals surface area (Å²) in [6.45, 7) is 5.86. The molecular weight excluding hydrogens is 392 g/mol. The van der Waals surface area contributed by atoms with Crippen LogP contribution in [0.2, 0.25) is 0 Å². The first kappa shape index (κ1) is 20.5. The van der Waals surface area contributed by atoms with Crippen LogP contribution in [0.4, 0.5) is 4.79 Å². The van der Waals surface area contributed by atoms with Crippen molar-refractivity contribution in [2.24, 2.45) is 0 Å². The molecule has 3 aromatic rings. The third-order valence-corrected chi connectivity index (χ3v) is 4.99. The lowest BCUT2D eigenvalue weighted by Crippen LogP contribution is -2.39. The predicted octanol–water partition coefficient (Wildman–Crippen LogP) is 2.63. The summed E-state index contributed by atoms with van der Waals surface area (Å²) >= 11 is 1.36. The number of nitrogens with zero attached hydrogens (tertiary/aromatic N) is 2. The Balaban J connectivity index is 1.57. The third kappa shape index (κ3) is 5.20. The monoisotopic (exact) mass is 414 g/mol. The second-order valence-corrected chi connectivity index (χ2v) is 7.67. The number of hydrogen-bond donors (Lipinski definition) is 2. The van der Waals surface area contributed by atoms with Gasteiger partial charge in [-0.2, -0.15) is 0 Å². The minimum atomic E-state index is -0.508. The van der Waals surface area contributed by atoms with E-state index in [0.29, 0.717) is 22.8 Å². The number of nitrogens with one attached hydrogen (secondary N) is 2. The van der Waals surface area contributed by atoms with Crippen LogP contribution in [-0.4, -0.2) is 27.4 Å². The Morgan fingerprint density at radius 2 is 1.97 bits per heavy atom. The van der Waals surface area contributed by atoms with Crippen LogP contribution in [0.15, 0.2) is 40.5 Å². The molecule has 8 nitrogen and oxygen atoms in total. The van der Waals surface area contributed by atoms with Crippen LogP contribution in [0.25, 0.3) is 4.96 Å². The highest BCUT2D eigenvalue weighted by molar-refractivity contribution is 7.15. The highest BCUT2D eigenvalue weighted by atomic mass is 32.1. The zero-order valence-corrected chi connectivity index (χ0v) is 17.2. The Kier molecular flexibility index (Phi) is 6.28. The molecule has 3 rings (SSSR count). The maximum atomic E-state index is 12.3. The van der Waals surface area contributed by atoms with E-state index in [-0.39, 0.29) is 24.2 Å². The second-order valence-electron chi connectivity index (χ2n) is 6.84. The number of ether oxygens (including phenoxy) is 1. The maximum absolute atomic E-state index is 12.3. The molecule has 0 aliphatic heterocycles. The number of amides is 2. The normalized spacial score (nSPS) is 10.9. The van der Waals surface area contributed by atoms with Gasteiger partial charge in [0.15, 0.2) is 4.96 Å². The molecule has 152 valence electrons. The van der Waals surface area contributed by atoms with Gasteiger partial charge in [0.05, 0.1) is 11.3 Å². The van der Waals surface area contributed by atoms with E-state index >= 15 is 0 Å². The second kappa shape index (κ2) is 8.87. The Morgan fingerprint density at radius 1 is 1.24 bits per heavy atom. The van der Waals surface area contributed by atoms with Crippen molar-refractivity contribution >= 4 is 28.3 Å². The van der Waals surface area contributed by atoms with Gasteiger partial charge in [-0.3, -0.25) is 9.20 Å². The average Bonchev–Trinajstić information content (AvgIpc) is 3.05. The number of carbonyl (C=O) groups is 2. The summed E-state index contributed by atoms with van der Waals surface area (Å²) in [7, 11) is 0. The summed E-state index contributed by atoms with van der Waals surface area (Å²) < 4.78 is 6.80. The first-order valence-electron chi connectivity index (χ1n) is 9.10. The van der Waals surface area contributed by atoms with Gasteiger partial charge in [-0.1, -0.05) is 12.1 Å². The molecule has 0 spiro atoms. The number of aromatic nitrogens is 2. The van der Waals surface area contributed by atoms with E-state index in [2.05, 4.69) is 15.6 Å². The molecule has 2 aromatic heterocycles. The van der Waals surface area contributed by atoms with Gasteiger partial charge in [-0.15, -0.1) is 11.3 Å². The van der Waals surface area contributed by atoms with Gasteiger partial charge >= 0.3 is 12.0 Å². The summed E-state index contributed by atoms with van der Waals surface area (Å²) in [5.74, 6) is -0.508. The Hall–Kier alpha value is -3.20. The molecule has 0 saturated carbocycles. The standard InChI is InChI=1S/C20H22N4O4S/c1-12(2)22-19(27)21-9-14-4-6-15(7-5-14)18(26)28-10-16-8-17(25)24-13(3)11-29-20(24)23-16/h4-8,11-12H,9-10H2,1-3H3,(H2,21,22,27). The lowest BCUT2D eigenvalue weighted by atomic mass is 10.1. The van der Waals surface area contributed by atoms with Crippen LogP contribution in [-0.2, 0) is 17.9 Å². The number of urea groups is 1. The van der Waals surface area contributed by atoms with Gasteiger partial charge in [-0.25, -0.2) is 14.6 Å². The Bertz CT molecular complexity index is 1090. The molecule has 0 bridgehead atoms. The summed E-state index contributed by atoms with van der Waals surface area (Å²) in [4.78, 5) is 40.9. The zero-order chi connectivity index (χ0) is 21.0. The molecule has 29 heavy (non-hydrogen) atoms. The molecule has 0 atom stereocenters. The molecule has 0 saturated heterocycles. The molecular formula is C20H22N4O4S. The Morgan fingerprint density at radius 3 is 2.66 bits per heavy atom. The number of aryl methyl sites for hydroxylation is 1. The zero-order valence-electron chi connectivity index (χ0n) is 16.4. The van der Waals surface area contributed by atoms with Gasteiger partial charge in [0.1, 0.15) is 6.61 Å². The van der Waals surface area contributed by atoms with E-state index in [1.807, 2.05) is 26.2 Å². The number of thiazole rings is 1. The molecule has 2 heterocycles. The van der Waals surface area contributed by atoms with Crippen molar-refractivity contribution in [2.45, 2.75) is 40.0 Å². The van der Waals surface area contributed by atoms with E-state index in [1.54, 1.807) is 24.3 Å². The number of carbonyl (C=O) groups excluding carboxylic acids is 2. The molecule has 1 aromatic carbocycles. The van der Waals surface area contributed by atoms with E-state index in [4.69, 9.17) is 4.74 Å². The first-order chi connectivity index (χ1) is 13.8. The minimum Gasteiger partial charge on any atom is -0.456 e. The van der Waals surface area contributed by atoms with Crippen LogP contribution >= 0.6 is 11.3 Å². The molecule has 0 fully saturated rings. The fourth-order valence-corrected chi connectivity index (χ4v) is 3.54. The molecule has 2 amide bonds. The fourth-order valence-electron chi connectivity index (χ4n) is 2.65. The molecule has 0 aliphatic rings. The summed E-state index contributed by atoms with van der Waals surface area (Å²) in [5, 5.41) is 7.33. The van der Waals surface area contributed by atoms with E-state index in [1.165, 1.54) is 21.8 Å². The summed E-state index contributed by atoms with van der Waals surface area (Å²) in [5.41, 5.74) is 2.27. The lowest BCUT2D eigenvalue weighted by molar-refractivity contribution is 0.0467. The van der Waals surface area contributed by atoms with Gasteiger partial charge < -0.3 is 15.4 Å². The van der Waals surface area contributed by atoms with Gasteiger partial charge in [0, 0.05) is 29.7 Å². The SMILES string of the molecule is Cc1csc2nc(COC(=O)c3ccc(CNC(=O)NC(C)C)cc3)cc(=O)n12. The van der Waals surface area contributed by atoms with Crippen LogP contribution in [0.5, 0.6) is 0 Å². The van der Waals surface area contributed by atoms with Crippen molar-refractivity contribution in [2.75, 3.05) is 0 Å². The van der Waals surface area contributed by atoms with Crippen LogP contribution in [0, 0.1) is 6.92 Å². The number of esters is 1. The molecule has 9 heteroatoms. The molecule has 2 N–H and O–H groups in total. The first-order valence-corrected chi connectivity index (χ1v) is 9.98. The quantitative estimate of drug-likeness (QED) is 0.604. The number of benzene rings is 1. The van der Waals surface area contributed by atoms with Crippen LogP contribution in [0.3, 0.4) is 0 Å². The predicted molar refractivity (Wildman–Crippen MR) is 110 cm³/mol. The van der Waals surface area contributed by atoms with Crippen molar-refractivity contribution in [3.05, 3.63) is 68.6 Å². The van der Waals surface area contributed by atoms with Crippen LogP contribution < -0.4 is 16.2 Å². The highest BCUT2D eigenvalue weighted by Crippen LogP contribution is 2.12. The molecule has 0 unspecified atom stereocenters. The molecule has 0 aliphatic carbocycles. The van der Waals surface area contributed by atoms with E-state index < -0.39 is 5.97 Å². The van der Waals surface area contributed by atoms with Crippen molar-refractivity contribution in [3.63, 3.8) is 0 Å². The summed E-state index contributed by atoms with van der Waals surface area (Å²) in [6, 6.07) is 7.94. The minimum absolute atomic E-state index is 0.0578. The van der Waals surface area contributed by atoms with Gasteiger partial charge in [0.25, 0.3) is 5.56 Å². The lowest BCUT2D eigenvalue weighted by Gasteiger charge is -2.10. The number of fused-ring (bicyclic) bond motifs is 1. The Labute approximate surface area is 171 Å². The van der Waals surface area contributed by atoms with Crippen molar-refractivity contribution in [1.29, 1.82) is 0 Å². The smallest absolute Gasteiger partial charge is 0.338 e. The third-order valence-electron chi connectivity index (χ3n) is 4.04. The van der Waals surface area contributed by atoms with E-state index in [9.17, 15) is 14.4 Å². The van der Waals surface area contributed by atoms with E-state index in [0.717, 1.165) is 11.3 Å². The van der Waals surface area contributed by atoms with Gasteiger partial charge in [-0.05, 0) is 38.5 Å². The average molecular weight is 414 g/mol. The molecule has 0 radical (unpaired) electrons. The van der Waals surface area contributed by atoms with Gasteiger partial charge in [0.2, 0.25) is 0 Å². The number of hydrogen-bond acceptors (Lipinski definition) is 6. The number of rotatable bonds is 6. The maximum Gasteiger partial charge on any atom is 0.338 e. The van der Waals surface area contributed by atoms with Crippen molar-refractivity contribution in [1.82, 2.24) is 20.0 Å². The van der Waals surface area contributed by atoms with Crippen LogP contribution in [0.1, 0.15) is 41.2 Å².